The number of hydrogen-bond donors (Lipinski definition) is 2. The van der Waals surface area contributed by atoms with Crippen LogP contribution in [0.25, 0.3) is 0 Å². The first-order chi connectivity index (χ1) is 13.3. The number of rotatable bonds is 7. The molecular formula is C19H22ClN3O4S. The minimum absolute atomic E-state index is 0.00364. The lowest BCUT2D eigenvalue weighted by Crippen LogP contribution is -2.42. The van der Waals surface area contributed by atoms with Crippen molar-refractivity contribution >= 4 is 33.4 Å². The molecule has 0 aliphatic rings. The molecule has 7 nitrogen and oxygen atoms in total. The van der Waals surface area contributed by atoms with Crippen molar-refractivity contribution in [1.82, 2.24) is 15.2 Å². The second kappa shape index (κ2) is 9.68. The van der Waals surface area contributed by atoms with Gasteiger partial charge in [-0.15, -0.1) is 0 Å². The van der Waals surface area contributed by atoms with Crippen LogP contribution in [0.1, 0.15) is 29.8 Å². The van der Waals surface area contributed by atoms with E-state index in [0.29, 0.717) is 23.7 Å². The van der Waals surface area contributed by atoms with Gasteiger partial charge in [0.2, 0.25) is 15.9 Å². The van der Waals surface area contributed by atoms with Crippen molar-refractivity contribution in [1.29, 1.82) is 0 Å². The quantitative estimate of drug-likeness (QED) is 0.668. The zero-order valence-corrected chi connectivity index (χ0v) is 17.2. The Balaban J connectivity index is 2.05. The van der Waals surface area contributed by atoms with Crippen LogP contribution in [0.3, 0.4) is 0 Å². The van der Waals surface area contributed by atoms with Crippen LogP contribution in [0.2, 0.25) is 5.02 Å². The molecule has 150 valence electrons. The van der Waals surface area contributed by atoms with Crippen molar-refractivity contribution in [3.05, 3.63) is 64.7 Å². The van der Waals surface area contributed by atoms with Crippen LogP contribution >= 0.6 is 11.6 Å². The molecule has 2 N–H and O–H groups in total. The Bertz CT molecular complexity index is 959. The highest BCUT2D eigenvalue weighted by Crippen LogP contribution is 2.17. The fraction of sp³-hybridized carbons (Fsp3) is 0.263. The highest BCUT2D eigenvalue weighted by atomic mass is 35.5. The van der Waals surface area contributed by atoms with Gasteiger partial charge in [0, 0.05) is 23.7 Å². The standard InChI is InChI=1S/C19H22ClN3O4S/c1-3-23(4-2)28(26,27)16-10-7-9-15(12-16)19(25)22-21-18(24)13-14-8-5-6-11-17(14)20/h5-12H,3-4,13H2,1-2H3,(H,21,24)(H,22,25). The molecule has 0 atom stereocenters. The zero-order valence-electron chi connectivity index (χ0n) is 15.6. The van der Waals surface area contributed by atoms with Gasteiger partial charge in [0.1, 0.15) is 0 Å². The van der Waals surface area contributed by atoms with Gasteiger partial charge in [-0.3, -0.25) is 20.4 Å². The number of amides is 2. The van der Waals surface area contributed by atoms with E-state index in [1.54, 1.807) is 38.1 Å². The molecule has 0 spiro atoms. The van der Waals surface area contributed by atoms with E-state index in [1.807, 2.05) is 0 Å². The van der Waals surface area contributed by atoms with E-state index in [9.17, 15) is 18.0 Å². The van der Waals surface area contributed by atoms with Crippen LogP contribution < -0.4 is 10.9 Å². The monoisotopic (exact) mass is 423 g/mol. The summed E-state index contributed by atoms with van der Waals surface area (Å²) in [5.74, 6) is -1.07. The lowest BCUT2D eigenvalue weighted by Gasteiger charge is -2.18. The van der Waals surface area contributed by atoms with E-state index in [2.05, 4.69) is 10.9 Å². The number of hydrogen-bond acceptors (Lipinski definition) is 4. The maximum absolute atomic E-state index is 12.6. The molecule has 0 heterocycles. The van der Waals surface area contributed by atoms with Gasteiger partial charge >= 0.3 is 0 Å². The Labute approximate surface area is 169 Å². The van der Waals surface area contributed by atoms with E-state index in [-0.39, 0.29) is 16.9 Å². The molecule has 0 radical (unpaired) electrons. The van der Waals surface area contributed by atoms with Gasteiger partial charge < -0.3 is 0 Å². The number of nitrogens with zero attached hydrogens (tertiary/aromatic N) is 1. The van der Waals surface area contributed by atoms with E-state index in [4.69, 9.17) is 11.6 Å². The van der Waals surface area contributed by atoms with Crippen molar-refractivity contribution in [3.63, 3.8) is 0 Å². The van der Waals surface area contributed by atoms with Crippen molar-refractivity contribution in [2.45, 2.75) is 25.2 Å². The molecule has 0 saturated carbocycles. The predicted octanol–water partition coefficient (Wildman–Crippen LogP) is 2.37. The molecule has 9 heteroatoms. The van der Waals surface area contributed by atoms with Crippen LogP contribution in [0, 0.1) is 0 Å². The second-order valence-corrected chi connectivity index (χ2v) is 8.23. The molecule has 0 aliphatic carbocycles. The smallest absolute Gasteiger partial charge is 0.269 e. The third-order valence-electron chi connectivity index (χ3n) is 4.06. The van der Waals surface area contributed by atoms with Crippen LogP contribution in [-0.4, -0.2) is 37.6 Å². The van der Waals surface area contributed by atoms with Gasteiger partial charge in [0.05, 0.1) is 11.3 Å². The van der Waals surface area contributed by atoms with E-state index in [1.165, 1.54) is 28.6 Å². The molecule has 28 heavy (non-hydrogen) atoms. The number of carbonyl (C=O) groups excluding carboxylic acids is 2. The van der Waals surface area contributed by atoms with Crippen molar-refractivity contribution in [2.75, 3.05) is 13.1 Å². The molecule has 2 aromatic rings. The number of halogens is 1. The first kappa shape index (κ1) is 21.9. The van der Waals surface area contributed by atoms with Crippen molar-refractivity contribution < 1.29 is 18.0 Å². The maximum atomic E-state index is 12.6. The molecule has 0 aromatic heterocycles. The summed E-state index contributed by atoms with van der Waals surface area (Å²) < 4.78 is 26.5. The zero-order chi connectivity index (χ0) is 20.7. The predicted molar refractivity (Wildman–Crippen MR) is 107 cm³/mol. The summed E-state index contributed by atoms with van der Waals surface area (Å²) in [4.78, 5) is 24.3. The molecule has 0 unspecified atom stereocenters. The summed E-state index contributed by atoms with van der Waals surface area (Å²) in [5.41, 5.74) is 5.33. The molecule has 2 amide bonds. The number of carbonyl (C=O) groups is 2. The van der Waals surface area contributed by atoms with Crippen molar-refractivity contribution in [2.24, 2.45) is 0 Å². The molecule has 0 aliphatic heterocycles. The minimum atomic E-state index is -3.68. The van der Waals surface area contributed by atoms with Gasteiger partial charge in [-0.25, -0.2) is 8.42 Å². The lowest BCUT2D eigenvalue weighted by atomic mass is 10.1. The molecule has 2 aromatic carbocycles. The minimum Gasteiger partial charge on any atom is -0.273 e. The summed E-state index contributed by atoms with van der Waals surface area (Å²) in [6, 6.07) is 12.6. The Hall–Kier alpha value is -2.42. The molecule has 0 fully saturated rings. The fourth-order valence-electron chi connectivity index (χ4n) is 2.57. The summed E-state index contributed by atoms with van der Waals surface area (Å²) in [6.45, 7) is 4.14. The average Bonchev–Trinajstić information content (AvgIpc) is 2.68. The Morgan fingerprint density at radius 3 is 2.32 bits per heavy atom. The van der Waals surface area contributed by atoms with Gasteiger partial charge in [-0.2, -0.15) is 4.31 Å². The highest BCUT2D eigenvalue weighted by molar-refractivity contribution is 7.89. The van der Waals surface area contributed by atoms with Gasteiger partial charge in [-0.05, 0) is 29.8 Å². The van der Waals surface area contributed by atoms with Gasteiger partial charge in [0.25, 0.3) is 5.91 Å². The largest absolute Gasteiger partial charge is 0.273 e. The molecular weight excluding hydrogens is 402 g/mol. The number of nitrogens with one attached hydrogen (secondary N) is 2. The number of sulfonamides is 1. The average molecular weight is 424 g/mol. The lowest BCUT2D eigenvalue weighted by molar-refractivity contribution is -0.121. The Morgan fingerprint density at radius 2 is 1.68 bits per heavy atom. The van der Waals surface area contributed by atoms with E-state index in [0.717, 1.165) is 0 Å². The first-order valence-corrected chi connectivity index (χ1v) is 10.5. The van der Waals surface area contributed by atoms with Crippen LogP contribution in [0.4, 0.5) is 0 Å². The Morgan fingerprint density at radius 1 is 1.00 bits per heavy atom. The SMILES string of the molecule is CCN(CC)S(=O)(=O)c1cccc(C(=O)NNC(=O)Cc2ccccc2Cl)c1. The van der Waals surface area contributed by atoms with Crippen molar-refractivity contribution in [3.8, 4) is 0 Å². The van der Waals surface area contributed by atoms with E-state index < -0.39 is 21.8 Å². The topological polar surface area (TPSA) is 95.6 Å². The van der Waals surface area contributed by atoms with Gasteiger partial charge in [0.15, 0.2) is 0 Å². The maximum Gasteiger partial charge on any atom is 0.269 e. The van der Waals surface area contributed by atoms with Gasteiger partial charge in [-0.1, -0.05) is 49.7 Å². The number of benzene rings is 2. The summed E-state index contributed by atoms with van der Waals surface area (Å²) in [5, 5.41) is 0.457. The summed E-state index contributed by atoms with van der Waals surface area (Å²) >= 11 is 6.01. The highest BCUT2D eigenvalue weighted by Gasteiger charge is 2.22. The molecule has 0 saturated heterocycles. The number of hydrazine groups is 1. The molecule has 0 bridgehead atoms. The van der Waals surface area contributed by atoms with Crippen LogP contribution in [0.15, 0.2) is 53.4 Å². The van der Waals surface area contributed by atoms with Crippen LogP contribution in [-0.2, 0) is 21.2 Å². The van der Waals surface area contributed by atoms with Crippen LogP contribution in [0.5, 0.6) is 0 Å². The first-order valence-electron chi connectivity index (χ1n) is 8.72. The van der Waals surface area contributed by atoms with E-state index >= 15 is 0 Å². The second-order valence-electron chi connectivity index (χ2n) is 5.89. The molecule has 2 rings (SSSR count). The summed E-state index contributed by atoms with van der Waals surface area (Å²) in [7, 11) is -3.68. The Kier molecular flexibility index (Phi) is 7.56. The third-order valence-corrected chi connectivity index (χ3v) is 6.48. The fourth-order valence-corrected chi connectivity index (χ4v) is 4.27. The summed E-state index contributed by atoms with van der Waals surface area (Å²) in [6.07, 6.45) is -0.00364. The normalized spacial score (nSPS) is 11.3. The third kappa shape index (κ3) is 5.31.